The van der Waals surface area contributed by atoms with Crippen LogP contribution in [-0.4, -0.2) is 11.9 Å². The van der Waals surface area contributed by atoms with Gasteiger partial charge in [-0.15, -0.1) is 0 Å². The molecule has 2 rings (SSSR count). The van der Waals surface area contributed by atoms with E-state index < -0.39 is 11.9 Å². The summed E-state index contributed by atoms with van der Waals surface area (Å²) in [7, 11) is 0. The monoisotopic (exact) mass is 246 g/mol. The van der Waals surface area contributed by atoms with Gasteiger partial charge in [-0.3, -0.25) is 4.79 Å². The lowest BCUT2D eigenvalue weighted by atomic mass is 10.1. The highest BCUT2D eigenvalue weighted by Gasteiger charge is 2.25. The Kier molecular flexibility index (Phi) is 3.10. The molecule has 0 spiro atoms. The van der Waals surface area contributed by atoms with Gasteiger partial charge in [-0.2, -0.15) is 8.78 Å². The fourth-order valence-electron chi connectivity index (χ4n) is 1.56. The van der Waals surface area contributed by atoms with Gasteiger partial charge in [-0.1, -0.05) is 0 Å². The van der Waals surface area contributed by atoms with Crippen molar-refractivity contribution in [1.82, 2.24) is 0 Å². The zero-order valence-electron chi connectivity index (χ0n) is 8.25. The quantitative estimate of drug-likeness (QED) is 0.760. The van der Waals surface area contributed by atoms with E-state index in [4.69, 9.17) is 11.6 Å². The molecule has 0 atom stereocenters. The van der Waals surface area contributed by atoms with E-state index in [0.717, 1.165) is 18.4 Å². The van der Waals surface area contributed by atoms with Crippen molar-refractivity contribution in [2.45, 2.75) is 25.4 Å². The second-order valence-corrected chi connectivity index (χ2v) is 4.06. The summed E-state index contributed by atoms with van der Waals surface area (Å²) in [5, 5.41) is -0.665. The van der Waals surface area contributed by atoms with Gasteiger partial charge in [0.1, 0.15) is 5.75 Å². The molecule has 0 aliphatic heterocycles. The first-order chi connectivity index (χ1) is 7.56. The average Bonchev–Trinajstić information content (AvgIpc) is 2.98. The van der Waals surface area contributed by atoms with Crippen LogP contribution in [0.1, 0.15) is 34.7 Å². The van der Waals surface area contributed by atoms with E-state index in [0.29, 0.717) is 5.92 Å². The van der Waals surface area contributed by atoms with Crippen molar-refractivity contribution in [3.05, 3.63) is 29.3 Å². The molecule has 0 saturated heterocycles. The van der Waals surface area contributed by atoms with Crippen molar-refractivity contribution in [3.63, 3.8) is 0 Å². The first-order valence-electron chi connectivity index (χ1n) is 4.86. The smallest absolute Gasteiger partial charge is 0.387 e. The molecule has 0 amide bonds. The minimum absolute atomic E-state index is 0.0107. The predicted octanol–water partition coefficient (Wildman–Crippen LogP) is 3.54. The Morgan fingerprint density at radius 3 is 2.56 bits per heavy atom. The van der Waals surface area contributed by atoms with Crippen molar-refractivity contribution in [2.24, 2.45) is 0 Å². The van der Waals surface area contributed by atoms with E-state index >= 15 is 0 Å². The largest absolute Gasteiger partial charge is 0.435 e. The fraction of sp³-hybridized carbons (Fsp3) is 0.364. The lowest BCUT2D eigenvalue weighted by Crippen LogP contribution is -2.03. The van der Waals surface area contributed by atoms with Crippen LogP contribution >= 0.6 is 11.6 Å². The molecule has 1 aliphatic carbocycles. The van der Waals surface area contributed by atoms with Crippen molar-refractivity contribution >= 4 is 16.8 Å². The molecule has 0 N–H and O–H groups in total. The molecule has 16 heavy (non-hydrogen) atoms. The maximum atomic E-state index is 12.1. The molecule has 0 aromatic heterocycles. The van der Waals surface area contributed by atoms with Crippen LogP contribution in [0.25, 0.3) is 0 Å². The molecule has 1 aromatic carbocycles. The minimum atomic E-state index is -2.90. The summed E-state index contributed by atoms with van der Waals surface area (Å²) < 4.78 is 28.4. The summed E-state index contributed by atoms with van der Waals surface area (Å²) in [6.45, 7) is -2.90. The number of carbonyl (C=O) groups is 1. The summed E-state index contributed by atoms with van der Waals surface area (Å²) in [6.07, 6.45) is 2.02. The van der Waals surface area contributed by atoms with Crippen LogP contribution in [-0.2, 0) is 0 Å². The van der Waals surface area contributed by atoms with Crippen LogP contribution in [0.15, 0.2) is 18.2 Å². The van der Waals surface area contributed by atoms with E-state index in [1.807, 2.05) is 0 Å². The maximum Gasteiger partial charge on any atom is 0.387 e. The van der Waals surface area contributed by atoms with Gasteiger partial charge in [0.05, 0.1) is 0 Å². The molecular formula is C11H9ClF2O2. The third-order valence-electron chi connectivity index (χ3n) is 2.43. The van der Waals surface area contributed by atoms with Crippen LogP contribution in [0.4, 0.5) is 8.78 Å². The lowest BCUT2D eigenvalue weighted by Gasteiger charge is -2.08. The third kappa shape index (κ3) is 2.70. The molecular weight excluding hydrogens is 238 g/mol. The number of benzene rings is 1. The van der Waals surface area contributed by atoms with Gasteiger partial charge in [-0.05, 0) is 54.1 Å². The van der Waals surface area contributed by atoms with Crippen LogP contribution in [0.5, 0.6) is 5.75 Å². The Bertz CT molecular complexity index is 416. The Morgan fingerprint density at radius 1 is 1.38 bits per heavy atom. The van der Waals surface area contributed by atoms with E-state index in [-0.39, 0.29) is 11.3 Å². The molecule has 2 nitrogen and oxygen atoms in total. The van der Waals surface area contributed by atoms with E-state index in [1.54, 1.807) is 6.07 Å². The Morgan fingerprint density at radius 2 is 2.06 bits per heavy atom. The predicted molar refractivity (Wildman–Crippen MR) is 55.2 cm³/mol. The number of hydrogen-bond acceptors (Lipinski definition) is 2. The second kappa shape index (κ2) is 4.37. The molecule has 0 heterocycles. The highest BCUT2D eigenvalue weighted by molar-refractivity contribution is 6.67. The topological polar surface area (TPSA) is 26.3 Å². The first-order valence-corrected chi connectivity index (χ1v) is 5.23. The number of halogens is 3. The van der Waals surface area contributed by atoms with Gasteiger partial charge in [0.15, 0.2) is 0 Å². The van der Waals surface area contributed by atoms with Gasteiger partial charge in [-0.25, -0.2) is 0 Å². The van der Waals surface area contributed by atoms with Gasteiger partial charge < -0.3 is 4.74 Å². The molecule has 0 radical (unpaired) electrons. The molecule has 5 heteroatoms. The standard InChI is InChI=1S/C11H9ClF2O2/c12-10(15)8-3-7(6-1-2-6)4-9(5-8)16-11(13)14/h3-6,11H,1-2H2. The van der Waals surface area contributed by atoms with E-state index in [1.165, 1.54) is 12.1 Å². The van der Waals surface area contributed by atoms with Gasteiger partial charge >= 0.3 is 6.61 Å². The summed E-state index contributed by atoms with van der Waals surface area (Å²) in [6, 6.07) is 4.39. The molecule has 1 aromatic rings. The highest BCUT2D eigenvalue weighted by atomic mass is 35.5. The van der Waals surface area contributed by atoms with Crippen LogP contribution < -0.4 is 4.74 Å². The SMILES string of the molecule is O=C(Cl)c1cc(OC(F)F)cc(C2CC2)c1. The second-order valence-electron chi connectivity index (χ2n) is 3.72. The van der Waals surface area contributed by atoms with Gasteiger partial charge in [0.2, 0.25) is 0 Å². The van der Waals surface area contributed by atoms with Gasteiger partial charge in [0.25, 0.3) is 5.24 Å². The Balaban J connectivity index is 2.32. The number of rotatable bonds is 4. The summed E-state index contributed by atoms with van der Waals surface area (Å²) in [5.74, 6) is 0.333. The zero-order valence-corrected chi connectivity index (χ0v) is 9.01. The third-order valence-corrected chi connectivity index (χ3v) is 2.65. The van der Waals surface area contributed by atoms with Crippen LogP contribution in [0, 0.1) is 0 Å². The number of carbonyl (C=O) groups excluding carboxylic acids is 1. The van der Waals surface area contributed by atoms with Crippen LogP contribution in [0.2, 0.25) is 0 Å². The van der Waals surface area contributed by atoms with Crippen molar-refractivity contribution in [1.29, 1.82) is 0 Å². The minimum Gasteiger partial charge on any atom is -0.435 e. The molecule has 0 bridgehead atoms. The number of alkyl halides is 2. The molecule has 86 valence electrons. The first kappa shape index (κ1) is 11.3. The maximum absolute atomic E-state index is 12.1. The summed E-state index contributed by atoms with van der Waals surface area (Å²) in [4.78, 5) is 11.0. The molecule has 1 fully saturated rings. The van der Waals surface area contributed by atoms with Crippen molar-refractivity contribution in [3.8, 4) is 5.75 Å². The lowest BCUT2D eigenvalue weighted by molar-refractivity contribution is -0.0499. The molecule has 1 saturated carbocycles. The fourth-order valence-corrected chi connectivity index (χ4v) is 1.67. The number of ether oxygens (including phenoxy) is 1. The highest BCUT2D eigenvalue weighted by Crippen LogP contribution is 2.41. The van der Waals surface area contributed by atoms with Crippen molar-refractivity contribution in [2.75, 3.05) is 0 Å². The zero-order chi connectivity index (χ0) is 11.7. The van der Waals surface area contributed by atoms with E-state index in [2.05, 4.69) is 4.74 Å². The van der Waals surface area contributed by atoms with Gasteiger partial charge in [0, 0.05) is 5.56 Å². The summed E-state index contributed by atoms with van der Waals surface area (Å²) >= 11 is 5.33. The average molecular weight is 247 g/mol. The van der Waals surface area contributed by atoms with E-state index in [9.17, 15) is 13.6 Å². The molecule has 1 aliphatic rings. The number of hydrogen-bond donors (Lipinski definition) is 0. The summed E-state index contributed by atoms with van der Waals surface area (Å²) in [5.41, 5.74) is 1.03. The Hall–Kier alpha value is -1.16. The van der Waals surface area contributed by atoms with Crippen molar-refractivity contribution < 1.29 is 18.3 Å². The normalized spacial score (nSPS) is 15.2. The molecule has 0 unspecified atom stereocenters. The van der Waals surface area contributed by atoms with Crippen LogP contribution in [0.3, 0.4) is 0 Å². The Labute approximate surface area is 96.2 Å².